The standard InChI is InChI=1S/C20H23ClN2O4/c1-13-9-17(19(27-4)10-16(13)21)22-20(25)12-23(14(2)24)11-15-7-5-6-8-18(15)26-3/h5-10H,11-12H2,1-4H3,(H,22,25). The topological polar surface area (TPSA) is 67.9 Å². The van der Waals surface area contributed by atoms with Crippen LogP contribution in [-0.2, 0) is 16.1 Å². The summed E-state index contributed by atoms with van der Waals surface area (Å²) in [4.78, 5) is 26.0. The number of rotatable bonds is 7. The van der Waals surface area contributed by atoms with Crippen LogP contribution in [0.2, 0.25) is 5.02 Å². The zero-order valence-corrected chi connectivity index (χ0v) is 16.6. The van der Waals surface area contributed by atoms with Crippen molar-refractivity contribution in [2.45, 2.75) is 20.4 Å². The zero-order chi connectivity index (χ0) is 20.0. The summed E-state index contributed by atoms with van der Waals surface area (Å²) in [5, 5.41) is 3.33. The summed E-state index contributed by atoms with van der Waals surface area (Å²) < 4.78 is 10.6. The Kier molecular flexibility index (Phi) is 7.07. The highest BCUT2D eigenvalue weighted by molar-refractivity contribution is 6.31. The van der Waals surface area contributed by atoms with Crippen molar-refractivity contribution < 1.29 is 19.1 Å². The van der Waals surface area contributed by atoms with E-state index in [1.54, 1.807) is 19.2 Å². The number of nitrogens with zero attached hydrogens (tertiary/aromatic N) is 1. The van der Waals surface area contributed by atoms with Gasteiger partial charge in [-0.3, -0.25) is 9.59 Å². The quantitative estimate of drug-likeness (QED) is 0.783. The molecule has 0 aromatic heterocycles. The van der Waals surface area contributed by atoms with Crippen LogP contribution in [-0.4, -0.2) is 37.5 Å². The van der Waals surface area contributed by atoms with Gasteiger partial charge in [-0.25, -0.2) is 0 Å². The Labute approximate surface area is 164 Å². The zero-order valence-electron chi connectivity index (χ0n) is 15.8. The number of para-hydroxylation sites is 1. The van der Waals surface area contributed by atoms with Crippen LogP contribution in [0.4, 0.5) is 5.69 Å². The Morgan fingerprint density at radius 3 is 2.41 bits per heavy atom. The number of ether oxygens (including phenoxy) is 2. The van der Waals surface area contributed by atoms with E-state index in [9.17, 15) is 9.59 Å². The highest BCUT2D eigenvalue weighted by Gasteiger charge is 2.17. The van der Waals surface area contributed by atoms with Crippen LogP contribution in [0.25, 0.3) is 0 Å². The molecule has 2 aromatic carbocycles. The summed E-state index contributed by atoms with van der Waals surface area (Å²) in [5.41, 5.74) is 2.14. The number of aryl methyl sites for hydroxylation is 1. The van der Waals surface area contributed by atoms with E-state index in [4.69, 9.17) is 21.1 Å². The molecule has 1 N–H and O–H groups in total. The van der Waals surface area contributed by atoms with Crippen molar-refractivity contribution in [2.24, 2.45) is 0 Å². The maximum Gasteiger partial charge on any atom is 0.244 e. The molecule has 0 aliphatic rings. The number of anilines is 1. The first-order valence-corrected chi connectivity index (χ1v) is 8.75. The van der Waals surface area contributed by atoms with E-state index in [1.165, 1.54) is 18.9 Å². The van der Waals surface area contributed by atoms with Gasteiger partial charge in [0.2, 0.25) is 11.8 Å². The second kappa shape index (κ2) is 9.28. The first-order valence-electron chi connectivity index (χ1n) is 8.37. The third kappa shape index (κ3) is 5.37. The number of hydrogen-bond acceptors (Lipinski definition) is 4. The molecular formula is C20H23ClN2O4. The fraction of sp³-hybridized carbons (Fsp3) is 0.300. The normalized spacial score (nSPS) is 10.3. The molecule has 0 radical (unpaired) electrons. The van der Waals surface area contributed by atoms with Gasteiger partial charge in [-0.15, -0.1) is 0 Å². The van der Waals surface area contributed by atoms with Gasteiger partial charge in [0, 0.05) is 30.1 Å². The minimum atomic E-state index is -0.333. The third-order valence-electron chi connectivity index (χ3n) is 4.09. The summed E-state index contributed by atoms with van der Waals surface area (Å²) in [6.45, 7) is 3.43. The molecule has 0 heterocycles. The molecule has 2 rings (SSSR count). The summed E-state index contributed by atoms with van der Waals surface area (Å²) in [7, 11) is 3.07. The number of carbonyl (C=O) groups is 2. The summed E-state index contributed by atoms with van der Waals surface area (Å²) in [6, 6.07) is 10.8. The lowest BCUT2D eigenvalue weighted by molar-refractivity contribution is -0.133. The van der Waals surface area contributed by atoms with Gasteiger partial charge in [-0.2, -0.15) is 0 Å². The minimum Gasteiger partial charge on any atom is -0.496 e. The van der Waals surface area contributed by atoms with Crippen LogP contribution < -0.4 is 14.8 Å². The second-order valence-electron chi connectivity index (χ2n) is 6.04. The number of hydrogen-bond donors (Lipinski definition) is 1. The van der Waals surface area contributed by atoms with Gasteiger partial charge < -0.3 is 19.7 Å². The maximum absolute atomic E-state index is 12.5. The lowest BCUT2D eigenvalue weighted by Gasteiger charge is -2.22. The Morgan fingerprint density at radius 1 is 1.11 bits per heavy atom. The molecular weight excluding hydrogens is 368 g/mol. The number of carbonyl (C=O) groups excluding carboxylic acids is 2. The molecule has 27 heavy (non-hydrogen) atoms. The molecule has 2 amide bonds. The average molecular weight is 391 g/mol. The fourth-order valence-corrected chi connectivity index (χ4v) is 2.76. The van der Waals surface area contributed by atoms with Gasteiger partial charge in [0.15, 0.2) is 0 Å². The Bertz CT molecular complexity index is 839. The lowest BCUT2D eigenvalue weighted by Crippen LogP contribution is -2.36. The van der Waals surface area contributed by atoms with E-state index in [1.807, 2.05) is 31.2 Å². The molecule has 6 nitrogen and oxygen atoms in total. The van der Waals surface area contributed by atoms with E-state index in [0.29, 0.717) is 22.2 Å². The molecule has 0 aliphatic carbocycles. The molecule has 144 valence electrons. The minimum absolute atomic E-state index is 0.0990. The SMILES string of the molecule is COc1ccccc1CN(CC(=O)Nc1cc(C)c(Cl)cc1OC)C(C)=O. The van der Waals surface area contributed by atoms with Gasteiger partial charge in [-0.05, 0) is 24.6 Å². The van der Waals surface area contributed by atoms with Crippen molar-refractivity contribution in [3.8, 4) is 11.5 Å². The smallest absolute Gasteiger partial charge is 0.244 e. The van der Waals surface area contributed by atoms with Crippen molar-refractivity contribution in [1.82, 2.24) is 4.90 Å². The van der Waals surface area contributed by atoms with Crippen molar-refractivity contribution in [2.75, 3.05) is 26.1 Å². The van der Waals surface area contributed by atoms with E-state index >= 15 is 0 Å². The van der Waals surface area contributed by atoms with Crippen molar-refractivity contribution >= 4 is 29.1 Å². The fourth-order valence-electron chi connectivity index (χ4n) is 2.61. The van der Waals surface area contributed by atoms with Gasteiger partial charge in [0.25, 0.3) is 0 Å². The second-order valence-corrected chi connectivity index (χ2v) is 6.44. The molecule has 0 saturated carbocycles. The van der Waals surface area contributed by atoms with Crippen molar-refractivity contribution in [3.05, 3.63) is 52.5 Å². The van der Waals surface area contributed by atoms with Crippen molar-refractivity contribution in [3.63, 3.8) is 0 Å². The summed E-state index contributed by atoms with van der Waals surface area (Å²) in [5.74, 6) is 0.577. The molecule has 0 aliphatic heterocycles. The van der Waals surface area contributed by atoms with E-state index in [2.05, 4.69) is 5.32 Å². The molecule has 0 saturated heterocycles. The lowest BCUT2D eigenvalue weighted by atomic mass is 10.2. The average Bonchev–Trinajstić information content (AvgIpc) is 2.64. The van der Waals surface area contributed by atoms with E-state index in [0.717, 1.165) is 11.1 Å². The Morgan fingerprint density at radius 2 is 1.78 bits per heavy atom. The molecule has 0 bridgehead atoms. The van der Waals surface area contributed by atoms with E-state index < -0.39 is 0 Å². The van der Waals surface area contributed by atoms with Gasteiger partial charge in [0.1, 0.15) is 18.0 Å². The number of benzene rings is 2. The van der Waals surface area contributed by atoms with Crippen LogP contribution in [0, 0.1) is 6.92 Å². The van der Waals surface area contributed by atoms with E-state index in [-0.39, 0.29) is 24.9 Å². The third-order valence-corrected chi connectivity index (χ3v) is 4.50. The Hall–Kier alpha value is -2.73. The molecule has 0 unspecified atom stereocenters. The molecule has 0 atom stereocenters. The van der Waals surface area contributed by atoms with Gasteiger partial charge in [0.05, 0.1) is 19.9 Å². The van der Waals surface area contributed by atoms with Crippen molar-refractivity contribution in [1.29, 1.82) is 0 Å². The molecule has 7 heteroatoms. The van der Waals surface area contributed by atoms with Gasteiger partial charge in [-0.1, -0.05) is 29.8 Å². The maximum atomic E-state index is 12.5. The summed E-state index contributed by atoms with van der Waals surface area (Å²) in [6.07, 6.45) is 0. The Balaban J connectivity index is 2.14. The number of methoxy groups -OCH3 is 2. The number of amides is 2. The molecule has 0 spiro atoms. The first kappa shape index (κ1) is 20.6. The summed E-state index contributed by atoms with van der Waals surface area (Å²) >= 11 is 6.09. The van der Waals surface area contributed by atoms with Crippen LogP contribution in [0.3, 0.4) is 0 Å². The van der Waals surface area contributed by atoms with Crippen LogP contribution in [0.1, 0.15) is 18.1 Å². The van der Waals surface area contributed by atoms with Crippen LogP contribution in [0.5, 0.6) is 11.5 Å². The predicted molar refractivity (Wildman–Crippen MR) is 105 cm³/mol. The van der Waals surface area contributed by atoms with Crippen LogP contribution in [0.15, 0.2) is 36.4 Å². The predicted octanol–water partition coefficient (Wildman–Crippen LogP) is 3.65. The van der Waals surface area contributed by atoms with Gasteiger partial charge >= 0.3 is 0 Å². The monoisotopic (exact) mass is 390 g/mol. The first-order chi connectivity index (χ1) is 12.8. The highest BCUT2D eigenvalue weighted by Crippen LogP contribution is 2.31. The number of halogens is 1. The molecule has 0 fully saturated rings. The highest BCUT2D eigenvalue weighted by atomic mass is 35.5. The molecule has 2 aromatic rings. The number of nitrogens with one attached hydrogen (secondary N) is 1. The van der Waals surface area contributed by atoms with Crippen LogP contribution >= 0.6 is 11.6 Å². The largest absolute Gasteiger partial charge is 0.496 e.